The quantitative estimate of drug-likeness (QED) is 0.618. The van der Waals surface area contributed by atoms with Crippen LogP contribution in [-0.2, 0) is 27.2 Å². The summed E-state index contributed by atoms with van der Waals surface area (Å²) in [6.45, 7) is 8.35. The lowest BCUT2D eigenvalue weighted by Gasteiger charge is -2.36. The van der Waals surface area contributed by atoms with Gasteiger partial charge in [0.2, 0.25) is 5.02 Å². The lowest BCUT2D eigenvalue weighted by Crippen LogP contribution is -2.39. The van der Waals surface area contributed by atoms with E-state index in [4.69, 9.17) is 23.8 Å². The van der Waals surface area contributed by atoms with Crippen molar-refractivity contribution in [3.05, 3.63) is 0 Å². The summed E-state index contributed by atoms with van der Waals surface area (Å²) in [6.07, 6.45) is 0. The second-order valence-corrected chi connectivity index (χ2v) is 8.99. The molecule has 0 aromatic heterocycles. The second-order valence-electron chi connectivity index (χ2n) is 3.76. The largest absolute Gasteiger partial charge is 0.362 e. The normalized spacial score (nSPS) is 13.8. The van der Waals surface area contributed by atoms with Gasteiger partial charge in [-0.3, -0.25) is 9.13 Å². The molecule has 116 valence electrons. The van der Waals surface area contributed by atoms with Crippen molar-refractivity contribution in [2.75, 3.05) is 26.4 Å². The fourth-order valence-corrected chi connectivity index (χ4v) is 5.87. The highest BCUT2D eigenvalue weighted by molar-refractivity contribution is 7.74. The minimum atomic E-state index is -3.84. The maximum absolute atomic E-state index is 12.7. The van der Waals surface area contributed by atoms with Gasteiger partial charge in [-0.2, -0.15) is 0 Å². The van der Waals surface area contributed by atoms with Crippen LogP contribution in [0.25, 0.3) is 0 Å². The van der Waals surface area contributed by atoms with Crippen molar-refractivity contribution in [2.24, 2.45) is 5.73 Å². The molecule has 0 radical (unpaired) electrons. The van der Waals surface area contributed by atoms with Crippen LogP contribution < -0.4 is 5.73 Å². The van der Waals surface area contributed by atoms with Crippen LogP contribution in [0.3, 0.4) is 0 Å². The average Bonchev–Trinajstić information content (AvgIpc) is 2.29. The van der Waals surface area contributed by atoms with E-state index in [9.17, 15) is 9.13 Å². The molecule has 0 saturated heterocycles. The third-order valence-corrected chi connectivity index (χ3v) is 8.39. The van der Waals surface area contributed by atoms with Crippen molar-refractivity contribution in [3.63, 3.8) is 0 Å². The Morgan fingerprint density at radius 2 is 1.00 bits per heavy atom. The van der Waals surface area contributed by atoms with Crippen LogP contribution in [0.4, 0.5) is 0 Å². The topological polar surface area (TPSA) is 97.1 Å². The molecule has 0 heterocycles. The van der Waals surface area contributed by atoms with Crippen LogP contribution in [0.1, 0.15) is 34.6 Å². The second kappa shape index (κ2) is 7.89. The number of hydrogen-bond donors (Lipinski definition) is 1. The van der Waals surface area contributed by atoms with E-state index < -0.39 is 20.2 Å². The monoisotopic (exact) mass is 317 g/mol. The first kappa shape index (κ1) is 19.3. The van der Waals surface area contributed by atoms with E-state index in [0.29, 0.717) is 0 Å². The maximum atomic E-state index is 12.7. The Labute approximate surface area is 115 Å². The standard InChI is InChI=1S/C10H25NO6P2/c1-6-14-18(12,15-7-2)10(5,11)19(13,16-8-3)17-9-4/h6-9,11H2,1-5H3. The van der Waals surface area contributed by atoms with Gasteiger partial charge in [-0.15, -0.1) is 0 Å². The van der Waals surface area contributed by atoms with Crippen molar-refractivity contribution in [1.29, 1.82) is 0 Å². The van der Waals surface area contributed by atoms with Crippen LogP contribution in [0, 0.1) is 0 Å². The van der Waals surface area contributed by atoms with Crippen LogP contribution in [0.15, 0.2) is 0 Å². The predicted octanol–water partition coefficient (Wildman–Crippen LogP) is 3.15. The first-order chi connectivity index (χ1) is 8.74. The summed E-state index contributed by atoms with van der Waals surface area (Å²) >= 11 is 0. The molecule has 19 heavy (non-hydrogen) atoms. The van der Waals surface area contributed by atoms with Gasteiger partial charge in [0.15, 0.2) is 0 Å². The summed E-state index contributed by atoms with van der Waals surface area (Å²) in [6, 6.07) is 0. The SMILES string of the molecule is CCOP(=O)(OCC)C(C)(N)P(=O)(OCC)OCC. The fraction of sp³-hybridized carbons (Fsp3) is 1.00. The van der Waals surface area contributed by atoms with E-state index in [1.165, 1.54) is 6.92 Å². The number of rotatable bonds is 10. The Morgan fingerprint density at radius 1 is 0.789 bits per heavy atom. The molecular formula is C10H25NO6P2. The van der Waals surface area contributed by atoms with Gasteiger partial charge in [0, 0.05) is 0 Å². The van der Waals surface area contributed by atoms with Crippen LogP contribution in [-0.4, -0.2) is 31.4 Å². The molecule has 0 aliphatic heterocycles. The summed E-state index contributed by atoms with van der Waals surface area (Å²) in [5.74, 6) is 0. The van der Waals surface area contributed by atoms with Crippen molar-refractivity contribution < 1.29 is 27.2 Å². The molecule has 0 unspecified atom stereocenters. The van der Waals surface area contributed by atoms with E-state index in [1.807, 2.05) is 0 Å². The minimum Gasteiger partial charge on any atom is -0.307 e. The average molecular weight is 317 g/mol. The van der Waals surface area contributed by atoms with Crippen molar-refractivity contribution in [1.82, 2.24) is 0 Å². The highest BCUT2D eigenvalue weighted by Gasteiger charge is 2.59. The van der Waals surface area contributed by atoms with Gasteiger partial charge in [0.25, 0.3) is 0 Å². The summed E-state index contributed by atoms with van der Waals surface area (Å²) in [5, 5.41) is -1.86. The third kappa shape index (κ3) is 4.11. The van der Waals surface area contributed by atoms with Gasteiger partial charge >= 0.3 is 15.2 Å². The zero-order valence-electron chi connectivity index (χ0n) is 12.2. The highest BCUT2D eigenvalue weighted by Crippen LogP contribution is 2.75. The Kier molecular flexibility index (Phi) is 8.00. The lowest BCUT2D eigenvalue weighted by molar-refractivity contribution is 0.181. The molecule has 2 N–H and O–H groups in total. The van der Waals surface area contributed by atoms with Gasteiger partial charge in [-0.05, 0) is 34.6 Å². The van der Waals surface area contributed by atoms with Gasteiger partial charge in [0.1, 0.15) is 0 Å². The molecule has 0 aliphatic carbocycles. The summed E-state index contributed by atoms with van der Waals surface area (Å²) < 4.78 is 46.1. The summed E-state index contributed by atoms with van der Waals surface area (Å²) in [7, 11) is -7.68. The van der Waals surface area contributed by atoms with Gasteiger partial charge < -0.3 is 23.8 Å². The summed E-state index contributed by atoms with van der Waals surface area (Å²) in [4.78, 5) is 0. The van der Waals surface area contributed by atoms with Crippen molar-refractivity contribution in [3.8, 4) is 0 Å². The zero-order valence-corrected chi connectivity index (χ0v) is 14.0. The van der Waals surface area contributed by atoms with Crippen molar-refractivity contribution >= 4 is 15.2 Å². The Balaban J connectivity index is 5.59. The Hall–Kier alpha value is 0.260. The van der Waals surface area contributed by atoms with Gasteiger partial charge in [0.05, 0.1) is 26.4 Å². The van der Waals surface area contributed by atoms with Crippen LogP contribution >= 0.6 is 15.2 Å². The minimum absolute atomic E-state index is 0.113. The van der Waals surface area contributed by atoms with E-state index in [0.717, 1.165) is 0 Å². The molecule has 0 fully saturated rings. The molecule has 7 nitrogen and oxygen atoms in total. The molecule has 0 aromatic rings. The maximum Gasteiger partial charge on any atom is 0.362 e. The van der Waals surface area contributed by atoms with Crippen LogP contribution in [0.2, 0.25) is 0 Å². The Bertz CT molecular complexity index is 308. The molecule has 0 saturated carbocycles. The van der Waals surface area contributed by atoms with Gasteiger partial charge in [-0.1, -0.05) is 0 Å². The molecule has 0 amide bonds. The highest BCUT2D eigenvalue weighted by atomic mass is 31.2. The number of nitrogens with two attached hydrogens (primary N) is 1. The molecule has 0 rings (SSSR count). The van der Waals surface area contributed by atoms with E-state index >= 15 is 0 Å². The molecular weight excluding hydrogens is 292 g/mol. The molecule has 0 aromatic carbocycles. The molecule has 0 atom stereocenters. The van der Waals surface area contributed by atoms with E-state index in [-0.39, 0.29) is 26.4 Å². The van der Waals surface area contributed by atoms with E-state index in [2.05, 4.69) is 0 Å². The molecule has 0 spiro atoms. The van der Waals surface area contributed by atoms with Gasteiger partial charge in [-0.25, -0.2) is 0 Å². The van der Waals surface area contributed by atoms with Crippen molar-refractivity contribution in [2.45, 2.75) is 39.6 Å². The first-order valence-corrected chi connectivity index (χ1v) is 9.40. The van der Waals surface area contributed by atoms with Crippen LogP contribution in [0.5, 0.6) is 0 Å². The van der Waals surface area contributed by atoms with E-state index in [1.54, 1.807) is 27.7 Å². The zero-order chi connectivity index (χ0) is 15.2. The smallest absolute Gasteiger partial charge is 0.307 e. The first-order valence-electron chi connectivity index (χ1n) is 6.31. The molecule has 0 bridgehead atoms. The Morgan fingerprint density at radius 3 is 1.16 bits per heavy atom. The predicted molar refractivity (Wildman–Crippen MR) is 74.3 cm³/mol. The fourth-order valence-electron chi connectivity index (χ4n) is 1.43. The molecule has 0 aliphatic rings. The molecule has 9 heteroatoms. The number of hydrogen-bond acceptors (Lipinski definition) is 7. The summed E-state index contributed by atoms with van der Waals surface area (Å²) in [5.41, 5.74) is 5.99. The third-order valence-electron chi connectivity index (χ3n) is 2.31. The lowest BCUT2D eigenvalue weighted by atomic mass is 10.8.